The van der Waals surface area contributed by atoms with Crippen molar-refractivity contribution in [2.75, 3.05) is 26.2 Å². The summed E-state index contributed by atoms with van der Waals surface area (Å²) in [6.07, 6.45) is 10.8. The fourth-order valence-electron chi connectivity index (χ4n) is 2.62. The summed E-state index contributed by atoms with van der Waals surface area (Å²) in [6.45, 7) is 6.29. The van der Waals surface area contributed by atoms with Gasteiger partial charge in [0.05, 0.1) is 0 Å². The van der Waals surface area contributed by atoms with E-state index in [1.54, 1.807) is 0 Å². The van der Waals surface area contributed by atoms with Crippen molar-refractivity contribution in [3.05, 3.63) is 0 Å². The van der Waals surface area contributed by atoms with Crippen molar-refractivity contribution >= 4 is 0 Å². The van der Waals surface area contributed by atoms with Crippen molar-refractivity contribution in [2.24, 2.45) is 5.92 Å². The van der Waals surface area contributed by atoms with Gasteiger partial charge in [0.25, 0.3) is 0 Å². The topological polar surface area (TPSA) is 23.5 Å². The van der Waals surface area contributed by atoms with Crippen LogP contribution in [0.2, 0.25) is 0 Å². The number of hydrogen-bond acceptors (Lipinski definition) is 2. The van der Waals surface area contributed by atoms with Gasteiger partial charge in [-0.15, -0.1) is 0 Å². The normalized spacial score (nSPS) is 22.5. The highest BCUT2D eigenvalue weighted by Gasteiger charge is 2.18. The van der Waals surface area contributed by atoms with Gasteiger partial charge in [-0.3, -0.25) is 0 Å². The van der Waals surface area contributed by atoms with Crippen LogP contribution in [-0.2, 0) is 0 Å². The summed E-state index contributed by atoms with van der Waals surface area (Å²) in [5.74, 6) is 0.550. The molecule has 2 nitrogen and oxygen atoms in total. The summed E-state index contributed by atoms with van der Waals surface area (Å²) in [6, 6.07) is 0. The Kier molecular flexibility index (Phi) is 7.87. The lowest BCUT2D eigenvalue weighted by Gasteiger charge is -2.31. The van der Waals surface area contributed by atoms with E-state index in [2.05, 4.69) is 11.8 Å². The highest BCUT2D eigenvalue weighted by molar-refractivity contribution is 4.72. The number of nitrogens with zero attached hydrogens (tertiary/aromatic N) is 1. The summed E-state index contributed by atoms with van der Waals surface area (Å²) in [7, 11) is 0. The fourth-order valence-corrected chi connectivity index (χ4v) is 2.62. The molecular weight excluding hydrogens is 198 g/mol. The molecule has 96 valence electrons. The molecule has 1 aliphatic heterocycles. The average molecular weight is 227 g/mol. The van der Waals surface area contributed by atoms with E-state index < -0.39 is 0 Å². The number of rotatable bonds is 8. The lowest BCUT2D eigenvalue weighted by molar-refractivity contribution is 0.119. The molecule has 0 saturated carbocycles. The predicted octanol–water partition coefficient (Wildman–Crippen LogP) is 3.05. The molecule has 0 aliphatic carbocycles. The summed E-state index contributed by atoms with van der Waals surface area (Å²) in [5, 5.41) is 9.15. The minimum absolute atomic E-state index is 0.382. The van der Waals surface area contributed by atoms with Crippen LogP contribution < -0.4 is 0 Å². The Morgan fingerprint density at radius 1 is 1.12 bits per heavy atom. The molecule has 0 aromatic rings. The van der Waals surface area contributed by atoms with Crippen LogP contribution in [0.5, 0.6) is 0 Å². The van der Waals surface area contributed by atoms with Gasteiger partial charge in [-0.1, -0.05) is 39.0 Å². The number of hydrogen-bond donors (Lipinski definition) is 1. The van der Waals surface area contributed by atoms with Gasteiger partial charge in [-0.05, 0) is 38.3 Å². The third-order valence-corrected chi connectivity index (χ3v) is 3.69. The van der Waals surface area contributed by atoms with Gasteiger partial charge in [0.15, 0.2) is 0 Å². The number of likely N-dealkylation sites (tertiary alicyclic amines) is 1. The maximum Gasteiger partial charge on any atom is 0.0471 e. The standard InChI is InChI=1S/C14H29NO/c1-2-3-4-5-6-7-10-15-11-8-9-14(12-15)13-16/h14,16H,2-13H2,1H3. The number of piperidine rings is 1. The van der Waals surface area contributed by atoms with Crippen LogP contribution in [0.3, 0.4) is 0 Å². The van der Waals surface area contributed by atoms with Crippen molar-refractivity contribution in [3.63, 3.8) is 0 Å². The zero-order valence-corrected chi connectivity index (χ0v) is 11.0. The van der Waals surface area contributed by atoms with Gasteiger partial charge < -0.3 is 10.0 Å². The first-order valence-corrected chi connectivity index (χ1v) is 7.20. The highest BCUT2D eigenvalue weighted by atomic mass is 16.3. The molecule has 0 radical (unpaired) electrons. The molecule has 0 spiro atoms. The van der Waals surface area contributed by atoms with Crippen LogP contribution >= 0.6 is 0 Å². The average Bonchev–Trinajstić information content (AvgIpc) is 2.34. The molecule has 1 fully saturated rings. The monoisotopic (exact) mass is 227 g/mol. The van der Waals surface area contributed by atoms with Crippen LogP contribution in [0.25, 0.3) is 0 Å². The highest BCUT2D eigenvalue weighted by Crippen LogP contribution is 2.16. The minimum atomic E-state index is 0.382. The number of aliphatic hydroxyl groups is 1. The molecule has 2 heteroatoms. The van der Waals surface area contributed by atoms with Gasteiger partial charge >= 0.3 is 0 Å². The largest absolute Gasteiger partial charge is 0.396 e. The van der Waals surface area contributed by atoms with Gasteiger partial charge in [-0.2, -0.15) is 0 Å². The van der Waals surface area contributed by atoms with Gasteiger partial charge in [-0.25, -0.2) is 0 Å². The molecule has 1 N–H and O–H groups in total. The molecule has 16 heavy (non-hydrogen) atoms. The second-order valence-corrected chi connectivity index (χ2v) is 5.26. The van der Waals surface area contributed by atoms with E-state index in [1.807, 2.05) is 0 Å². The Hall–Kier alpha value is -0.0800. The molecule has 1 heterocycles. The molecule has 1 rings (SSSR count). The van der Waals surface area contributed by atoms with Crippen molar-refractivity contribution in [1.29, 1.82) is 0 Å². The maximum absolute atomic E-state index is 9.15. The Balaban J connectivity index is 1.95. The SMILES string of the molecule is CCCCCCCCN1CCCC(CO)C1. The van der Waals surface area contributed by atoms with Crippen molar-refractivity contribution in [3.8, 4) is 0 Å². The molecule has 1 atom stereocenters. The summed E-state index contributed by atoms with van der Waals surface area (Å²) in [4.78, 5) is 2.55. The Morgan fingerprint density at radius 2 is 1.88 bits per heavy atom. The van der Waals surface area contributed by atoms with Crippen molar-refractivity contribution in [1.82, 2.24) is 4.90 Å². The second-order valence-electron chi connectivity index (χ2n) is 5.26. The quantitative estimate of drug-likeness (QED) is 0.644. The van der Waals surface area contributed by atoms with Gasteiger partial charge in [0, 0.05) is 13.2 Å². The maximum atomic E-state index is 9.15. The van der Waals surface area contributed by atoms with Crippen LogP contribution in [0.1, 0.15) is 58.3 Å². The smallest absolute Gasteiger partial charge is 0.0471 e. The van der Waals surface area contributed by atoms with Crippen LogP contribution in [-0.4, -0.2) is 36.2 Å². The third-order valence-electron chi connectivity index (χ3n) is 3.69. The summed E-state index contributed by atoms with van der Waals surface area (Å²) < 4.78 is 0. The van der Waals surface area contributed by atoms with Crippen molar-refractivity contribution < 1.29 is 5.11 Å². The number of aliphatic hydroxyl groups excluding tert-OH is 1. The predicted molar refractivity (Wildman–Crippen MR) is 69.6 cm³/mol. The molecule has 0 aromatic carbocycles. The Bertz CT molecular complexity index is 161. The van der Waals surface area contributed by atoms with Crippen molar-refractivity contribution in [2.45, 2.75) is 58.3 Å². The molecule has 1 aliphatic rings. The van der Waals surface area contributed by atoms with E-state index in [1.165, 1.54) is 64.5 Å². The molecular formula is C14H29NO. The van der Waals surface area contributed by atoms with Crippen LogP contribution in [0.15, 0.2) is 0 Å². The lowest BCUT2D eigenvalue weighted by atomic mass is 9.99. The zero-order chi connectivity index (χ0) is 11.6. The molecule has 0 bridgehead atoms. The van der Waals surface area contributed by atoms with E-state index in [0.717, 1.165) is 6.54 Å². The Morgan fingerprint density at radius 3 is 2.62 bits per heavy atom. The zero-order valence-electron chi connectivity index (χ0n) is 11.0. The van der Waals surface area contributed by atoms with Crippen LogP contribution in [0.4, 0.5) is 0 Å². The summed E-state index contributed by atoms with van der Waals surface area (Å²) >= 11 is 0. The first-order valence-electron chi connectivity index (χ1n) is 7.20. The molecule has 0 aromatic heterocycles. The van der Waals surface area contributed by atoms with Crippen LogP contribution in [0, 0.1) is 5.92 Å². The van der Waals surface area contributed by atoms with E-state index in [9.17, 15) is 0 Å². The third kappa shape index (κ3) is 5.86. The Labute approximate surface area is 101 Å². The molecule has 1 saturated heterocycles. The summed E-state index contributed by atoms with van der Waals surface area (Å²) in [5.41, 5.74) is 0. The lowest BCUT2D eigenvalue weighted by Crippen LogP contribution is -2.37. The molecule has 1 unspecified atom stereocenters. The first-order chi connectivity index (χ1) is 7.86. The van der Waals surface area contributed by atoms with E-state index in [0.29, 0.717) is 12.5 Å². The fraction of sp³-hybridized carbons (Fsp3) is 1.00. The second kappa shape index (κ2) is 9.00. The molecule has 0 amide bonds. The first kappa shape index (κ1) is 14.0. The number of unbranched alkanes of at least 4 members (excludes halogenated alkanes) is 5. The van der Waals surface area contributed by atoms with Gasteiger partial charge in [0.2, 0.25) is 0 Å². The van der Waals surface area contributed by atoms with E-state index in [4.69, 9.17) is 5.11 Å². The van der Waals surface area contributed by atoms with Gasteiger partial charge in [0.1, 0.15) is 0 Å². The minimum Gasteiger partial charge on any atom is -0.396 e. The van der Waals surface area contributed by atoms with E-state index >= 15 is 0 Å². The van der Waals surface area contributed by atoms with E-state index in [-0.39, 0.29) is 0 Å².